The molecule has 2 N–H and O–H groups in total. The Hall–Kier alpha value is -0.930. The average Bonchev–Trinajstić information content (AvgIpc) is 2.47. The molecule has 0 aromatic heterocycles. The quantitative estimate of drug-likeness (QED) is 0.853. The summed E-state index contributed by atoms with van der Waals surface area (Å²) < 4.78 is 19.3. The predicted molar refractivity (Wildman–Crippen MR) is 79.8 cm³/mol. The van der Waals surface area contributed by atoms with Crippen LogP contribution in [-0.2, 0) is 11.3 Å². The lowest BCUT2D eigenvalue weighted by Crippen LogP contribution is -2.43. The van der Waals surface area contributed by atoms with E-state index >= 15 is 0 Å². The predicted octanol–water partition coefficient (Wildman–Crippen LogP) is 4.03. The second kappa shape index (κ2) is 7.19. The summed E-state index contributed by atoms with van der Waals surface area (Å²) in [4.78, 5) is 0. The van der Waals surface area contributed by atoms with Crippen LogP contribution in [0, 0.1) is 11.7 Å². The van der Waals surface area contributed by atoms with E-state index in [1.807, 2.05) is 6.07 Å². The minimum absolute atomic E-state index is 0.198. The summed E-state index contributed by atoms with van der Waals surface area (Å²) in [5.41, 5.74) is 6.64. The third-order valence-corrected chi connectivity index (χ3v) is 4.52. The van der Waals surface area contributed by atoms with E-state index in [0.29, 0.717) is 13.2 Å². The Morgan fingerprint density at radius 2 is 2.10 bits per heavy atom. The van der Waals surface area contributed by atoms with Crippen molar-refractivity contribution in [1.82, 2.24) is 0 Å². The first kappa shape index (κ1) is 15.5. The summed E-state index contributed by atoms with van der Waals surface area (Å²) in [7, 11) is 0. The lowest BCUT2D eigenvalue weighted by atomic mass is 9.77. The number of hydrogen-bond acceptors (Lipinski definition) is 2. The molecule has 1 aliphatic carbocycles. The number of nitrogens with two attached hydrogens (primary N) is 1. The van der Waals surface area contributed by atoms with Crippen molar-refractivity contribution in [1.29, 1.82) is 0 Å². The second-order valence-corrected chi connectivity index (χ2v) is 6.04. The van der Waals surface area contributed by atoms with Gasteiger partial charge in [0.15, 0.2) is 0 Å². The van der Waals surface area contributed by atoms with Gasteiger partial charge in [-0.25, -0.2) is 4.39 Å². The smallest absolute Gasteiger partial charge is 0.123 e. The molecule has 0 radical (unpaired) electrons. The van der Waals surface area contributed by atoms with Gasteiger partial charge in [-0.1, -0.05) is 31.9 Å². The summed E-state index contributed by atoms with van der Waals surface area (Å²) in [5, 5.41) is 0. The molecule has 20 heavy (non-hydrogen) atoms. The van der Waals surface area contributed by atoms with Gasteiger partial charge in [0.2, 0.25) is 0 Å². The van der Waals surface area contributed by atoms with Gasteiger partial charge >= 0.3 is 0 Å². The number of benzene rings is 1. The van der Waals surface area contributed by atoms with Gasteiger partial charge in [-0.05, 0) is 49.3 Å². The Morgan fingerprint density at radius 1 is 1.35 bits per heavy atom. The van der Waals surface area contributed by atoms with Crippen LogP contribution in [0.25, 0.3) is 0 Å². The highest BCUT2D eigenvalue weighted by atomic mass is 19.1. The Balaban J connectivity index is 1.89. The summed E-state index contributed by atoms with van der Waals surface area (Å²) in [6, 6.07) is 6.61. The fourth-order valence-corrected chi connectivity index (χ4v) is 3.17. The van der Waals surface area contributed by atoms with Crippen molar-refractivity contribution in [2.45, 2.75) is 57.7 Å². The van der Waals surface area contributed by atoms with Gasteiger partial charge in [0.05, 0.1) is 12.2 Å². The summed E-state index contributed by atoms with van der Waals surface area (Å²) in [6.07, 6.45) is 7.03. The Kier molecular flexibility index (Phi) is 5.55. The Morgan fingerprint density at radius 3 is 2.70 bits per heavy atom. The summed E-state index contributed by atoms with van der Waals surface area (Å²) >= 11 is 0. The van der Waals surface area contributed by atoms with Crippen LogP contribution in [0.5, 0.6) is 0 Å². The molecule has 112 valence electrons. The molecule has 1 fully saturated rings. The number of ether oxygens (including phenoxy) is 1. The second-order valence-electron chi connectivity index (χ2n) is 6.04. The topological polar surface area (TPSA) is 35.2 Å². The molecule has 0 unspecified atom stereocenters. The van der Waals surface area contributed by atoms with Crippen molar-refractivity contribution in [2.24, 2.45) is 11.7 Å². The van der Waals surface area contributed by atoms with Crippen molar-refractivity contribution in [3.05, 3.63) is 35.6 Å². The van der Waals surface area contributed by atoms with Crippen LogP contribution in [0.15, 0.2) is 24.3 Å². The Labute approximate surface area is 121 Å². The minimum atomic E-state index is -0.209. The monoisotopic (exact) mass is 279 g/mol. The average molecular weight is 279 g/mol. The molecule has 2 nitrogen and oxygen atoms in total. The summed E-state index contributed by atoms with van der Waals surface area (Å²) in [6.45, 7) is 3.25. The lowest BCUT2D eigenvalue weighted by Gasteiger charge is -2.39. The lowest BCUT2D eigenvalue weighted by molar-refractivity contribution is -0.0816. The van der Waals surface area contributed by atoms with Crippen molar-refractivity contribution >= 4 is 0 Å². The van der Waals surface area contributed by atoms with Crippen molar-refractivity contribution < 1.29 is 9.13 Å². The fourth-order valence-electron chi connectivity index (χ4n) is 3.17. The molecule has 2 rings (SSSR count). The highest BCUT2D eigenvalue weighted by molar-refractivity contribution is 5.15. The van der Waals surface area contributed by atoms with Gasteiger partial charge in [0.25, 0.3) is 0 Å². The van der Waals surface area contributed by atoms with E-state index in [2.05, 4.69) is 6.92 Å². The minimum Gasteiger partial charge on any atom is -0.369 e. The molecule has 0 amide bonds. The maximum Gasteiger partial charge on any atom is 0.123 e. The first-order valence-electron chi connectivity index (χ1n) is 7.76. The third kappa shape index (κ3) is 4.03. The van der Waals surface area contributed by atoms with Crippen LogP contribution < -0.4 is 5.73 Å². The zero-order chi connectivity index (χ0) is 14.4. The van der Waals surface area contributed by atoms with Gasteiger partial charge in [0.1, 0.15) is 5.82 Å². The van der Waals surface area contributed by atoms with E-state index in [-0.39, 0.29) is 11.4 Å². The van der Waals surface area contributed by atoms with E-state index in [9.17, 15) is 4.39 Å². The third-order valence-electron chi connectivity index (χ3n) is 4.52. The molecule has 1 aliphatic rings. The van der Waals surface area contributed by atoms with Crippen LogP contribution in [0.3, 0.4) is 0 Å². The fraction of sp³-hybridized carbons (Fsp3) is 0.647. The number of rotatable bonds is 6. The molecular weight excluding hydrogens is 253 g/mol. The van der Waals surface area contributed by atoms with Gasteiger partial charge in [-0.15, -0.1) is 0 Å². The van der Waals surface area contributed by atoms with Crippen LogP contribution in [0.4, 0.5) is 4.39 Å². The molecule has 0 heterocycles. The summed E-state index contributed by atoms with van der Waals surface area (Å²) in [5.74, 6) is 0.622. The van der Waals surface area contributed by atoms with Gasteiger partial charge in [-0.3, -0.25) is 0 Å². The van der Waals surface area contributed by atoms with Gasteiger partial charge in [-0.2, -0.15) is 0 Å². The molecular formula is C17H26FNO. The first-order valence-corrected chi connectivity index (χ1v) is 7.76. The van der Waals surface area contributed by atoms with Crippen molar-refractivity contribution in [3.8, 4) is 0 Å². The molecule has 0 saturated heterocycles. The number of halogens is 1. The Bertz CT molecular complexity index is 413. The molecule has 0 bridgehead atoms. The maximum atomic E-state index is 13.2. The van der Waals surface area contributed by atoms with E-state index in [1.54, 1.807) is 6.07 Å². The molecule has 1 saturated carbocycles. The number of hydrogen-bond donors (Lipinski definition) is 1. The molecule has 0 atom stereocenters. The maximum absolute atomic E-state index is 13.2. The SMILES string of the molecule is CCCC1CCC(CN)(OCc2cccc(F)c2)CC1. The van der Waals surface area contributed by atoms with E-state index in [4.69, 9.17) is 10.5 Å². The van der Waals surface area contributed by atoms with Crippen LogP contribution in [0.2, 0.25) is 0 Å². The molecule has 1 aromatic rings. The molecule has 1 aromatic carbocycles. The van der Waals surface area contributed by atoms with Gasteiger partial charge in [0, 0.05) is 6.54 Å². The van der Waals surface area contributed by atoms with Crippen LogP contribution in [0.1, 0.15) is 51.0 Å². The van der Waals surface area contributed by atoms with Gasteiger partial charge < -0.3 is 10.5 Å². The standard InChI is InChI=1S/C17H26FNO/c1-2-4-14-7-9-17(13-19,10-8-14)20-12-15-5-3-6-16(18)11-15/h3,5-6,11,14H,2,4,7-10,12-13,19H2,1H3. The highest BCUT2D eigenvalue weighted by Gasteiger charge is 2.34. The first-order chi connectivity index (χ1) is 9.67. The van der Waals surface area contributed by atoms with Crippen molar-refractivity contribution in [3.63, 3.8) is 0 Å². The van der Waals surface area contributed by atoms with Crippen LogP contribution >= 0.6 is 0 Å². The van der Waals surface area contributed by atoms with E-state index < -0.39 is 0 Å². The van der Waals surface area contributed by atoms with Crippen molar-refractivity contribution in [2.75, 3.05) is 6.54 Å². The van der Waals surface area contributed by atoms with E-state index in [1.165, 1.54) is 37.8 Å². The zero-order valence-electron chi connectivity index (χ0n) is 12.4. The highest BCUT2D eigenvalue weighted by Crippen LogP contribution is 2.36. The molecule has 0 spiro atoms. The molecule has 0 aliphatic heterocycles. The van der Waals surface area contributed by atoms with E-state index in [0.717, 1.165) is 24.3 Å². The normalized spacial score (nSPS) is 26.6. The van der Waals surface area contributed by atoms with Crippen LogP contribution in [-0.4, -0.2) is 12.1 Å². The largest absolute Gasteiger partial charge is 0.369 e. The zero-order valence-corrected chi connectivity index (χ0v) is 12.4. The molecule has 3 heteroatoms.